The smallest absolute Gasteiger partial charge is 0.325 e. The first-order valence-electron chi connectivity index (χ1n) is 8.06. The van der Waals surface area contributed by atoms with Crippen molar-refractivity contribution in [2.24, 2.45) is 0 Å². The average molecular weight is 358 g/mol. The molecule has 2 aromatic rings. The van der Waals surface area contributed by atoms with Gasteiger partial charge >= 0.3 is 5.97 Å². The number of hydrogen-bond acceptors (Lipinski definition) is 4. The molecule has 136 valence electrons. The van der Waals surface area contributed by atoms with Gasteiger partial charge in [-0.25, -0.2) is 4.39 Å². The summed E-state index contributed by atoms with van der Waals surface area (Å²) in [5.41, 5.74) is 1.50. The fraction of sp³-hybridized carbons (Fsp3) is 0.211. The molecule has 0 saturated carbocycles. The molecule has 0 aliphatic rings. The summed E-state index contributed by atoms with van der Waals surface area (Å²) in [6.07, 6.45) is 0.834. The second kappa shape index (κ2) is 9.31. The van der Waals surface area contributed by atoms with E-state index in [1.54, 1.807) is 6.07 Å². The molecule has 7 heteroatoms. The third kappa shape index (κ3) is 5.70. The Morgan fingerprint density at radius 2 is 1.85 bits per heavy atom. The van der Waals surface area contributed by atoms with Gasteiger partial charge in [-0.1, -0.05) is 31.2 Å². The first-order valence-corrected chi connectivity index (χ1v) is 8.06. The predicted octanol–water partition coefficient (Wildman–Crippen LogP) is 2.30. The van der Waals surface area contributed by atoms with Gasteiger partial charge in [0.1, 0.15) is 12.4 Å². The largest absolute Gasteiger partial charge is 0.454 e. The van der Waals surface area contributed by atoms with Gasteiger partial charge in [-0.05, 0) is 36.2 Å². The number of carbonyl (C=O) groups is 3. The van der Waals surface area contributed by atoms with Gasteiger partial charge in [-0.15, -0.1) is 0 Å². The lowest BCUT2D eigenvalue weighted by Gasteiger charge is -2.08. The lowest BCUT2D eigenvalue weighted by atomic mass is 10.1. The quantitative estimate of drug-likeness (QED) is 0.744. The summed E-state index contributed by atoms with van der Waals surface area (Å²) in [4.78, 5) is 35.2. The molecular weight excluding hydrogens is 339 g/mol. The molecule has 0 heterocycles. The van der Waals surface area contributed by atoms with Crippen LogP contribution in [-0.4, -0.2) is 30.9 Å². The van der Waals surface area contributed by atoms with Gasteiger partial charge in [0.2, 0.25) is 0 Å². The summed E-state index contributed by atoms with van der Waals surface area (Å²) in [5.74, 6) is -2.72. The van der Waals surface area contributed by atoms with Crippen LogP contribution >= 0.6 is 0 Å². The van der Waals surface area contributed by atoms with Crippen molar-refractivity contribution >= 4 is 23.5 Å². The number of nitrogens with one attached hydrogen (secondary N) is 2. The number of rotatable bonds is 7. The SMILES string of the molecule is CCc1cccc(NC(=O)COC(=O)CNC(=O)c2ccccc2F)c1. The second-order valence-electron chi connectivity index (χ2n) is 5.43. The molecule has 6 nitrogen and oxygen atoms in total. The fourth-order valence-corrected chi connectivity index (χ4v) is 2.16. The standard InChI is InChI=1S/C19H19FN2O4/c1-2-13-6-5-7-14(10-13)22-17(23)12-26-18(24)11-21-19(25)15-8-3-4-9-16(15)20/h3-10H,2,11-12H2,1H3,(H,21,25)(H,22,23). The van der Waals surface area contributed by atoms with E-state index in [-0.39, 0.29) is 5.56 Å². The van der Waals surface area contributed by atoms with E-state index < -0.39 is 36.8 Å². The zero-order chi connectivity index (χ0) is 18.9. The monoisotopic (exact) mass is 358 g/mol. The van der Waals surface area contributed by atoms with Crippen LogP contribution in [0.25, 0.3) is 0 Å². The summed E-state index contributed by atoms with van der Waals surface area (Å²) in [7, 11) is 0. The summed E-state index contributed by atoms with van der Waals surface area (Å²) in [6.45, 7) is 1.05. The number of carbonyl (C=O) groups excluding carboxylic acids is 3. The maximum absolute atomic E-state index is 13.4. The Morgan fingerprint density at radius 3 is 2.58 bits per heavy atom. The normalized spacial score (nSPS) is 10.1. The molecule has 0 radical (unpaired) electrons. The van der Waals surface area contributed by atoms with E-state index in [1.165, 1.54) is 18.2 Å². The zero-order valence-corrected chi connectivity index (χ0v) is 14.3. The maximum Gasteiger partial charge on any atom is 0.325 e. The van der Waals surface area contributed by atoms with E-state index in [0.717, 1.165) is 18.1 Å². The highest BCUT2D eigenvalue weighted by Gasteiger charge is 2.13. The van der Waals surface area contributed by atoms with Gasteiger partial charge in [0.25, 0.3) is 11.8 Å². The lowest BCUT2D eigenvalue weighted by molar-refractivity contribution is -0.146. The van der Waals surface area contributed by atoms with Crippen LogP contribution in [0.4, 0.5) is 10.1 Å². The lowest BCUT2D eigenvalue weighted by Crippen LogP contribution is -2.32. The number of anilines is 1. The van der Waals surface area contributed by atoms with Crippen LogP contribution in [0.3, 0.4) is 0 Å². The minimum Gasteiger partial charge on any atom is -0.454 e. The minimum atomic E-state index is -0.799. The van der Waals surface area contributed by atoms with Gasteiger partial charge in [0.15, 0.2) is 6.61 Å². The number of amides is 2. The molecule has 0 unspecified atom stereocenters. The first kappa shape index (κ1) is 19.1. The Morgan fingerprint density at radius 1 is 1.08 bits per heavy atom. The molecule has 2 rings (SSSR count). The third-order valence-electron chi connectivity index (χ3n) is 3.50. The van der Waals surface area contributed by atoms with Gasteiger partial charge in [-0.2, -0.15) is 0 Å². The Hall–Kier alpha value is -3.22. The molecule has 2 N–H and O–H groups in total. The molecule has 0 fully saturated rings. The first-order chi connectivity index (χ1) is 12.5. The van der Waals surface area contributed by atoms with Crippen molar-refractivity contribution in [2.75, 3.05) is 18.5 Å². The highest BCUT2D eigenvalue weighted by molar-refractivity contribution is 5.96. The van der Waals surface area contributed by atoms with Crippen molar-refractivity contribution in [3.63, 3.8) is 0 Å². The molecule has 0 spiro atoms. The number of aryl methyl sites for hydroxylation is 1. The molecule has 0 aliphatic carbocycles. The van der Waals surface area contributed by atoms with Crippen LogP contribution in [-0.2, 0) is 20.7 Å². The van der Waals surface area contributed by atoms with Crippen molar-refractivity contribution in [3.8, 4) is 0 Å². The second-order valence-corrected chi connectivity index (χ2v) is 5.43. The van der Waals surface area contributed by atoms with Crippen LogP contribution in [0, 0.1) is 5.82 Å². The molecule has 2 amide bonds. The van der Waals surface area contributed by atoms with Crippen LogP contribution in [0.2, 0.25) is 0 Å². The van der Waals surface area contributed by atoms with E-state index in [0.29, 0.717) is 5.69 Å². The van der Waals surface area contributed by atoms with Crippen molar-refractivity contribution in [1.29, 1.82) is 0 Å². The zero-order valence-electron chi connectivity index (χ0n) is 14.3. The van der Waals surface area contributed by atoms with E-state index >= 15 is 0 Å². The summed E-state index contributed by atoms with van der Waals surface area (Å²) >= 11 is 0. The van der Waals surface area contributed by atoms with Crippen LogP contribution in [0.15, 0.2) is 48.5 Å². The number of benzene rings is 2. The topological polar surface area (TPSA) is 84.5 Å². The molecule has 0 aliphatic heterocycles. The summed E-state index contributed by atoms with van der Waals surface area (Å²) in [5, 5.41) is 4.86. The maximum atomic E-state index is 13.4. The van der Waals surface area contributed by atoms with E-state index in [4.69, 9.17) is 4.74 Å². The van der Waals surface area contributed by atoms with Crippen molar-refractivity contribution in [3.05, 3.63) is 65.5 Å². The van der Waals surface area contributed by atoms with E-state index in [9.17, 15) is 18.8 Å². The highest BCUT2D eigenvalue weighted by Crippen LogP contribution is 2.11. The number of ether oxygens (including phenoxy) is 1. The van der Waals surface area contributed by atoms with E-state index in [1.807, 2.05) is 25.1 Å². The summed E-state index contributed by atoms with van der Waals surface area (Å²) in [6, 6.07) is 12.7. The predicted molar refractivity (Wildman–Crippen MR) is 94.1 cm³/mol. The molecule has 26 heavy (non-hydrogen) atoms. The third-order valence-corrected chi connectivity index (χ3v) is 3.50. The minimum absolute atomic E-state index is 0.172. The van der Waals surface area contributed by atoms with Crippen LogP contribution in [0.5, 0.6) is 0 Å². The van der Waals surface area contributed by atoms with E-state index in [2.05, 4.69) is 10.6 Å². The number of esters is 1. The van der Waals surface area contributed by atoms with Crippen molar-refractivity contribution in [2.45, 2.75) is 13.3 Å². The Balaban J connectivity index is 1.75. The molecular formula is C19H19FN2O4. The van der Waals surface area contributed by atoms with Crippen molar-refractivity contribution < 1.29 is 23.5 Å². The number of hydrogen-bond donors (Lipinski definition) is 2. The summed E-state index contributed by atoms with van der Waals surface area (Å²) < 4.78 is 18.2. The Kier molecular flexibility index (Phi) is 6.84. The van der Waals surface area contributed by atoms with Crippen molar-refractivity contribution in [1.82, 2.24) is 5.32 Å². The Labute approximate surface area is 150 Å². The van der Waals surface area contributed by atoms with Gasteiger partial charge in [0.05, 0.1) is 5.56 Å². The molecule has 0 aromatic heterocycles. The molecule has 2 aromatic carbocycles. The van der Waals surface area contributed by atoms with Crippen LogP contribution in [0.1, 0.15) is 22.8 Å². The van der Waals surface area contributed by atoms with Gasteiger partial charge in [0, 0.05) is 5.69 Å². The van der Waals surface area contributed by atoms with Crippen LogP contribution < -0.4 is 10.6 Å². The average Bonchev–Trinajstić information content (AvgIpc) is 2.65. The number of halogens is 1. The van der Waals surface area contributed by atoms with Gasteiger partial charge < -0.3 is 15.4 Å². The molecule has 0 saturated heterocycles. The molecule has 0 bridgehead atoms. The fourth-order valence-electron chi connectivity index (χ4n) is 2.16. The Bertz CT molecular complexity index is 808. The molecule has 0 atom stereocenters. The highest BCUT2D eigenvalue weighted by atomic mass is 19.1. The van der Waals surface area contributed by atoms with Gasteiger partial charge in [-0.3, -0.25) is 14.4 Å².